The zero-order valence-electron chi connectivity index (χ0n) is 15.2. The van der Waals surface area contributed by atoms with Crippen LogP contribution in [0.2, 0.25) is 0 Å². The number of carbonyl (C=O) groups is 1. The van der Waals surface area contributed by atoms with Gasteiger partial charge in [0.1, 0.15) is 0 Å². The number of hydrogen-bond acceptors (Lipinski definition) is 3. The average molecular weight is 386 g/mol. The highest BCUT2D eigenvalue weighted by Gasteiger charge is 2.07. The number of carbonyl (C=O) groups excluding carboxylic acids is 1. The molecule has 0 radical (unpaired) electrons. The minimum atomic E-state index is -0.539. The van der Waals surface area contributed by atoms with Crippen molar-refractivity contribution in [2.45, 2.75) is 19.9 Å². The van der Waals surface area contributed by atoms with E-state index in [1.807, 2.05) is 24.3 Å². The van der Waals surface area contributed by atoms with Crippen LogP contribution in [0.25, 0.3) is 17.0 Å². The molecule has 4 N–H and O–H groups in total. The maximum atomic E-state index is 11.0. The molecule has 0 atom stereocenters. The lowest BCUT2D eigenvalue weighted by atomic mass is 10.1. The second kappa shape index (κ2) is 9.92. The molecule has 0 aliphatic rings. The molecular weight excluding hydrogens is 362 g/mol. The number of hydroxylamine groups is 1. The number of benzene rings is 2. The second-order valence-corrected chi connectivity index (χ2v) is 6.25. The van der Waals surface area contributed by atoms with Gasteiger partial charge in [-0.25, -0.2) is 5.48 Å². The highest BCUT2D eigenvalue weighted by molar-refractivity contribution is 5.90. The van der Waals surface area contributed by atoms with Crippen LogP contribution in [0.3, 0.4) is 0 Å². The molecule has 27 heavy (non-hydrogen) atoms. The fraction of sp³-hybridized carbons (Fsp3) is 0.190. The van der Waals surface area contributed by atoms with Gasteiger partial charge in [0.15, 0.2) is 0 Å². The molecule has 3 rings (SSSR count). The number of H-pyrrole nitrogens is 1. The van der Waals surface area contributed by atoms with Crippen molar-refractivity contribution in [3.63, 3.8) is 0 Å². The van der Waals surface area contributed by atoms with Gasteiger partial charge in [0.05, 0.1) is 0 Å². The molecule has 1 heterocycles. The molecule has 0 aliphatic carbocycles. The SMILES string of the molecule is Cc1[nH]c2ccccc2c1CCNCc1ccc(/C=C/C(=O)NO)cc1.Cl. The Morgan fingerprint density at radius 1 is 1.15 bits per heavy atom. The molecule has 6 heteroatoms. The third-order valence-electron chi connectivity index (χ3n) is 4.42. The van der Waals surface area contributed by atoms with E-state index in [9.17, 15) is 4.79 Å². The first-order valence-electron chi connectivity index (χ1n) is 8.65. The zero-order chi connectivity index (χ0) is 18.4. The number of aromatic nitrogens is 1. The van der Waals surface area contributed by atoms with Crippen molar-refractivity contribution in [1.82, 2.24) is 15.8 Å². The smallest absolute Gasteiger partial charge is 0.267 e. The van der Waals surface area contributed by atoms with Crippen LogP contribution in [0.5, 0.6) is 0 Å². The molecule has 0 bridgehead atoms. The van der Waals surface area contributed by atoms with Crippen LogP contribution in [0.4, 0.5) is 0 Å². The van der Waals surface area contributed by atoms with Crippen molar-refractivity contribution in [3.8, 4) is 0 Å². The number of halogens is 1. The molecule has 1 amide bonds. The van der Waals surface area contributed by atoms with E-state index in [0.717, 1.165) is 25.1 Å². The average Bonchev–Trinajstić information content (AvgIpc) is 2.99. The lowest BCUT2D eigenvalue weighted by molar-refractivity contribution is -0.124. The summed E-state index contributed by atoms with van der Waals surface area (Å²) in [4.78, 5) is 14.4. The van der Waals surface area contributed by atoms with Crippen LogP contribution in [0.1, 0.15) is 22.4 Å². The van der Waals surface area contributed by atoms with Crippen molar-refractivity contribution in [2.24, 2.45) is 0 Å². The fourth-order valence-electron chi connectivity index (χ4n) is 3.06. The van der Waals surface area contributed by atoms with Crippen molar-refractivity contribution < 1.29 is 10.0 Å². The van der Waals surface area contributed by atoms with Gasteiger partial charge >= 0.3 is 0 Å². The van der Waals surface area contributed by atoms with Gasteiger partial charge in [-0.05, 0) is 48.7 Å². The lowest BCUT2D eigenvalue weighted by Gasteiger charge is -2.06. The first-order chi connectivity index (χ1) is 12.7. The van der Waals surface area contributed by atoms with Gasteiger partial charge in [-0.1, -0.05) is 42.5 Å². The van der Waals surface area contributed by atoms with Crippen LogP contribution in [-0.4, -0.2) is 22.6 Å². The summed E-state index contributed by atoms with van der Waals surface area (Å²) in [7, 11) is 0. The predicted octanol–water partition coefficient (Wildman–Crippen LogP) is 3.75. The van der Waals surface area contributed by atoms with E-state index in [1.165, 1.54) is 33.8 Å². The number of nitrogens with one attached hydrogen (secondary N) is 3. The summed E-state index contributed by atoms with van der Waals surface area (Å²) >= 11 is 0. The van der Waals surface area contributed by atoms with Crippen LogP contribution < -0.4 is 10.8 Å². The highest BCUT2D eigenvalue weighted by Crippen LogP contribution is 2.21. The van der Waals surface area contributed by atoms with E-state index in [0.29, 0.717) is 0 Å². The number of fused-ring (bicyclic) bond motifs is 1. The van der Waals surface area contributed by atoms with Gasteiger partial charge in [-0.15, -0.1) is 12.4 Å². The van der Waals surface area contributed by atoms with Gasteiger partial charge in [0.2, 0.25) is 0 Å². The van der Waals surface area contributed by atoms with Crippen molar-refractivity contribution in [1.29, 1.82) is 0 Å². The molecule has 0 fully saturated rings. The van der Waals surface area contributed by atoms with E-state index >= 15 is 0 Å². The Kier molecular flexibility index (Phi) is 7.61. The Bertz CT molecular complexity index is 917. The van der Waals surface area contributed by atoms with Gasteiger partial charge in [-0.3, -0.25) is 10.0 Å². The molecule has 0 unspecified atom stereocenters. The fourth-order valence-corrected chi connectivity index (χ4v) is 3.06. The molecule has 1 aromatic heterocycles. The largest absolute Gasteiger partial charge is 0.358 e. The van der Waals surface area contributed by atoms with Crippen molar-refractivity contribution in [3.05, 3.63) is 77.0 Å². The summed E-state index contributed by atoms with van der Waals surface area (Å²) in [6.07, 6.45) is 3.92. The van der Waals surface area contributed by atoms with Crippen molar-refractivity contribution >= 4 is 35.3 Å². The highest BCUT2D eigenvalue weighted by atomic mass is 35.5. The Morgan fingerprint density at radius 2 is 1.89 bits per heavy atom. The summed E-state index contributed by atoms with van der Waals surface area (Å²) in [5, 5.41) is 13.2. The number of rotatable bonds is 7. The number of aromatic amines is 1. The molecule has 0 saturated heterocycles. The summed E-state index contributed by atoms with van der Waals surface area (Å²) in [6, 6.07) is 16.4. The summed E-state index contributed by atoms with van der Waals surface area (Å²) in [5.74, 6) is -0.539. The number of para-hydroxylation sites is 1. The van der Waals surface area contributed by atoms with Crippen molar-refractivity contribution in [2.75, 3.05) is 6.54 Å². The molecule has 0 saturated carbocycles. The van der Waals surface area contributed by atoms with E-state index < -0.39 is 5.91 Å². The maximum absolute atomic E-state index is 11.0. The number of aryl methyl sites for hydroxylation is 1. The van der Waals surface area contributed by atoms with Crippen LogP contribution in [0.15, 0.2) is 54.6 Å². The van der Waals surface area contributed by atoms with Crippen LogP contribution in [0, 0.1) is 6.92 Å². The Hall–Kier alpha value is -2.60. The summed E-state index contributed by atoms with van der Waals surface area (Å²) < 4.78 is 0. The molecule has 2 aromatic carbocycles. The van der Waals surface area contributed by atoms with Gasteiger partial charge in [0, 0.05) is 29.2 Å². The molecular formula is C21H24ClN3O2. The zero-order valence-corrected chi connectivity index (χ0v) is 16.0. The van der Waals surface area contributed by atoms with E-state index in [2.05, 4.69) is 41.5 Å². The van der Waals surface area contributed by atoms with Gasteiger partial charge in [-0.2, -0.15) is 0 Å². The monoisotopic (exact) mass is 385 g/mol. The Labute approximate surface area is 164 Å². The number of amides is 1. The Balaban J connectivity index is 0.00000261. The molecule has 0 aliphatic heterocycles. The minimum Gasteiger partial charge on any atom is -0.358 e. The lowest BCUT2D eigenvalue weighted by Crippen LogP contribution is -2.16. The maximum Gasteiger partial charge on any atom is 0.267 e. The van der Waals surface area contributed by atoms with E-state index in [-0.39, 0.29) is 12.4 Å². The molecule has 3 aromatic rings. The Morgan fingerprint density at radius 3 is 2.63 bits per heavy atom. The summed E-state index contributed by atoms with van der Waals surface area (Å²) in [6.45, 7) is 3.82. The third kappa shape index (κ3) is 5.44. The minimum absolute atomic E-state index is 0. The van der Waals surface area contributed by atoms with Gasteiger partial charge < -0.3 is 10.3 Å². The summed E-state index contributed by atoms with van der Waals surface area (Å²) in [5.41, 5.74) is 7.46. The van der Waals surface area contributed by atoms with Gasteiger partial charge in [0.25, 0.3) is 5.91 Å². The standard InChI is InChI=1S/C21H23N3O2.ClH/c1-15-18(19-4-2-3-5-20(19)23-15)12-13-22-14-17-8-6-16(7-9-17)10-11-21(25)24-26;/h2-11,22-23,26H,12-14H2,1H3,(H,24,25);1H/b11-10+;. The third-order valence-corrected chi connectivity index (χ3v) is 4.42. The first kappa shape index (κ1) is 20.7. The predicted molar refractivity (Wildman–Crippen MR) is 111 cm³/mol. The quantitative estimate of drug-likeness (QED) is 0.216. The number of hydrogen-bond donors (Lipinski definition) is 4. The molecule has 142 valence electrons. The van der Waals surface area contributed by atoms with Crippen LogP contribution in [-0.2, 0) is 17.8 Å². The topological polar surface area (TPSA) is 77.2 Å². The second-order valence-electron chi connectivity index (χ2n) is 6.25. The van der Waals surface area contributed by atoms with E-state index in [1.54, 1.807) is 11.6 Å². The first-order valence-corrected chi connectivity index (χ1v) is 8.65. The van der Waals surface area contributed by atoms with Crippen LogP contribution >= 0.6 is 12.4 Å². The molecule has 5 nitrogen and oxygen atoms in total. The van der Waals surface area contributed by atoms with E-state index in [4.69, 9.17) is 5.21 Å². The normalized spacial score (nSPS) is 10.9. The molecule has 0 spiro atoms.